The summed E-state index contributed by atoms with van der Waals surface area (Å²) in [5, 5.41) is -2.28. The second-order valence-electron chi connectivity index (χ2n) is 14.2. The first-order valence-corrected chi connectivity index (χ1v) is 21.0. The van der Waals surface area contributed by atoms with Crippen LogP contribution in [-0.4, -0.2) is 67.4 Å². The quantitative estimate of drug-likeness (QED) is 0.0367. The fraction of sp³-hybridized carbons (Fsp3) is 0.667. The molecule has 0 heterocycles. The van der Waals surface area contributed by atoms with Crippen LogP contribution in [0.25, 0.3) is 0 Å². The molecule has 2 aromatic carbocycles. The minimum absolute atomic E-state index is 0.141. The Morgan fingerprint density at radius 2 is 1.00 bits per heavy atom. The van der Waals surface area contributed by atoms with Crippen LogP contribution in [0.3, 0.4) is 0 Å². The van der Waals surface area contributed by atoms with Gasteiger partial charge in [-0.3, -0.25) is 0 Å². The Bertz CT molecular complexity index is 1420. The van der Waals surface area contributed by atoms with Crippen molar-refractivity contribution in [3.8, 4) is 0 Å². The smallest absolute Gasteiger partial charge is 0.432 e. The van der Waals surface area contributed by atoms with Crippen molar-refractivity contribution in [2.75, 3.05) is 20.8 Å². The highest BCUT2D eigenvalue weighted by atomic mass is 35.5. The number of esters is 2. The lowest BCUT2D eigenvalue weighted by Crippen LogP contribution is -2.54. The molecular weight excluding hydrogens is 821 g/mol. The monoisotopic (exact) mass is 876 g/mol. The average Bonchev–Trinajstić information content (AvgIpc) is 3.16. The molecule has 6 atom stereocenters. The number of alkyl halides is 9. The van der Waals surface area contributed by atoms with Crippen molar-refractivity contribution < 1.29 is 54.9 Å². The Morgan fingerprint density at radius 1 is 0.579 bits per heavy atom. The maximum absolute atomic E-state index is 14.6. The summed E-state index contributed by atoms with van der Waals surface area (Å²) in [6.45, 7) is 1.91. The summed E-state index contributed by atoms with van der Waals surface area (Å²) < 4.78 is 106. The Labute approximate surface area is 348 Å². The van der Waals surface area contributed by atoms with E-state index in [0.29, 0.717) is 32.1 Å². The number of methoxy groups -OCH3 is 2. The lowest BCUT2D eigenvalue weighted by atomic mass is 9.92. The first-order chi connectivity index (χ1) is 27.0. The van der Waals surface area contributed by atoms with Crippen LogP contribution in [0.5, 0.6) is 0 Å². The molecule has 0 aliphatic heterocycles. The number of benzene rings is 2. The number of carbonyl (C=O) groups is 2. The minimum Gasteiger partial charge on any atom is -0.463 e. The molecule has 57 heavy (non-hydrogen) atoms. The van der Waals surface area contributed by atoms with Crippen molar-refractivity contribution in [3.05, 3.63) is 71.8 Å². The number of halogens is 9. The third kappa shape index (κ3) is 14.8. The molecule has 0 amide bonds. The van der Waals surface area contributed by atoms with Gasteiger partial charge in [0.05, 0.1) is 17.4 Å². The minimum atomic E-state index is -5.15. The van der Waals surface area contributed by atoms with Crippen molar-refractivity contribution in [1.29, 1.82) is 0 Å². The average molecular weight is 878 g/mol. The van der Waals surface area contributed by atoms with Gasteiger partial charge < -0.3 is 18.9 Å². The number of ether oxygens (including phenoxy) is 4. The second kappa shape index (κ2) is 25.4. The van der Waals surface area contributed by atoms with Crippen LogP contribution in [0.2, 0.25) is 0 Å². The highest BCUT2D eigenvalue weighted by Crippen LogP contribution is 2.45. The molecule has 0 spiro atoms. The van der Waals surface area contributed by atoms with Crippen LogP contribution in [-0.2, 0) is 39.7 Å². The van der Waals surface area contributed by atoms with Gasteiger partial charge in [-0.1, -0.05) is 145 Å². The molecule has 0 aliphatic rings. The summed E-state index contributed by atoms with van der Waals surface area (Å²) in [6.07, 6.45) is 0.419. The molecule has 2 aromatic rings. The summed E-state index contributed by atoms with van der Waals surface area (Å²) in [7, 11) is 1.63. The Balaban J connectivity index is 1.84. The number of hydrogen-bond acceptors (Lipinski definition) is 6. The fourth-order valence-electron chi connectivity index (χ4n) is 6.75. The molecule has 0 aliphatic carbocycles. The highest BCUT2D eigenvalue weighted by Gasteiger charge is 2.65. The van der Waals surface area contributed by atoms with E-state index < -0.39 is 63.3 Å². The van der Waals surface area contributed by atoms with Gasteiger partial charge in [0.15, 0.2) is 0 Å². The Kier molecular flexibility index (Phi) is 22.7. The van der Waals surface area contributed by atoms with Crippen LogP contribution in [0, 0.1) is 0 Å². The van der Waals surface area contributed by atoms with Gasteiger partial charge in [-0.15, -0.1) is 34.8 Å². The van der Waals surface area contributed by atoms with Crippen molar-refractivity contribution in [2.24, 2.45) is 0 Å². The van der Waals surface area contributed by atoms with E-state index >= 15 is 0 Å². The normalized spacial score (nSPS) is 16.5. The van der Waals surface area contributed by atoms with Gasteiger partial charge >= 0.3 is 24.3 Å². The van der Waals surface area contributed by atoms with Gasteiger partial charge in [0.25, 0.3) is 11.2 Å². The number of hydrogen-bond donors (Lipinski definition) is 0. The fourth-order valence-corrected chi connectivity index (χ4v) is 8.09. The van der Waals surface area contributed by atoms with Crippen LogP contribution >= 0.6 is 34.8 Å². The first-order valence-electron chi connectivity index (χ1n) is 19.7. The molecule has 2 rings (SSSR count). The van der Waals surface area contributed by atoms with E-state index in [-0.39, 0.29) is 18.6 Å². The standard InChI is InChI=1S/C42H57Cl3F6O6/c1-4-5-6-11-21-28-34(44)36(57-38(53)40(55-3,42(49,50)51)32-25-18-15-19-26-32)35(45)30-33(43)27-20-12-9-7-8-10-13-22-29-56-37(52)39(54-2,41(46,47)48)31-23-16-14-17-24-31/h14-19,23-26,33-36H,4-13,20-22,27-30H2,1-3H3/t33-,34+,35+,36+,39+,40+/m0/s1. The van der Waals surface area contributed by atoms with Gasteiger partial charge in [0, 0.05) is 30.7 Å². The van der Waals surface area contributed by atoms with Crippen LogP contribution < -0.4 is 0 Å². The van der Waals surface area contributed by atoms with Crippen molar-refractivity contribution in [2.45, 2.75) is 155 Å². The number of rotatable bonds is 28. The third-order valence-corrected chi connectivity index (χ3v) is 11.3. The first kappa shape index (κ1) is 50.9. The summed E-state index contributed by atoms with van der Waals surface area (Å²) in [4.78, 5) is 26.1. The molecule has 6 nitrogen and oxygen atoms in total. The summed E-state index contributed by atoms with van der Waals surface area (Å²) in [5.74, 6) is -3.16. The Morgan fingerprint density at radius 3 is 1.46 bits per heavy atom. The molecule has 324 valence electrons. The van der Waals surface area contributed by atoms with Gasteiger partial charge in [-0.05, 0) is 25.7 Å². The van der Waals surface area contributed by atoms with E-state index in [9.17, 15) is 35.9 Å². The SMILES string of the molecule is CCCCCCC[C@@H](Cl)[C@@H](OC(=O)[C@](OC)(c1ccccc1)C(F)(F)F)[C@H](Cl)C[C@@H](Cl)CCCCCCCCCCOC(=O)[C@](OC)(c1ccccc1)C(F)(F)F. The van der Waals surface area contributed by atoms with Crippen molar-refractivity contribution >= 4 is 46.7 Å². The van der Waals surface area contributed by atoms with Crippen molar-refractivity contribution in [3.63, 3.8) is 0 Å². The van der Waals surface area contributed by atoms with Gasteiger partial charge in [-0.25, -0.2) is 9.59 Å². The topological polar surface area (TPSA) is 71.1 Å². The number of carbonyl (C=O) groups excluding carboxylic acids is 2. The van der Waals surface area contributed by atoms with Crippen LogP contribution in [0.15, 0.2) is 60.7 Å². The molecule has 0 radical (unpaired) electrons. The van der Waals surface area contributed by atoms with E-state index in [1.165, 1.54) is 48.5 Å². The predicted molar refractivity (Wildman–Crippen MR) is 212 cm³/mol. The van der Waals surface area contributed by atoms with E-state index in [2.05, 4.69) is 6.92 Å². The zero-order valence-corrected chi connectivity index (χ0v) is 35.2. The molecule has 0 bridgehead atoms. The third-order valence-electron chi connectivity index (χ3n) is 10.0. The molecule has 0 fully saturated rings. The molecule has 0 unspecified atom stereocenters. The Hall–Kier alpha value is -2.25. The van der Waals surface area contributed by atoms with E-state index in [1.807, 2.05) is 0 Å². The molecule has 0 aromatic heterocycles. The molecule has 0 saturated heterocycles. The largest absolute Gasteiger partial charge is 0.463 e. The lowest BCUT2D eigenvalue weighted by Gasteiger charge is -2.36. The summed E-state index contributed by atoms with van der Waals surface area (Å²) in [5.41, 5.74) is -7.37. The second-order valence-corrected chi connectivity index (χ2v) is 15.9. The molecule has 0 saturated carbocycles. The van der Waals surface area contributed by atoms with E-state index in [0.717, 1.165) is 90.6 Å². The lowest BCUT2D eigenvalue weighted by molar-refractivity contribution is -0.278. The van der Waals surface area contributed by atoms with Crippen molar-refractivity contribution in [1.82, 2.24) is 0 Å². The highest BCUT2D eigenvalue weighted by molar-refractivity contribution is 6.25. The van der Waals surface area contributed by atoms with Crippen LogP contribution in [0.1, 0.15) is 121 Å². The van der Waals surface area contributed by atoms with Gasteiger partial charge in [0.1, 0.15) is 6.10 Å². The summed E-state index contributed by atoms with van der Waals surface area (Å²) >= 11 is 20.2. The van der Waals surface area contributed by atoms with Gasteiger partial charge in [-0.2, -0.15) is 26.3 Å². The zero-order valence-electron chi connectivity index (χ0n) is 33.0. The molecule has 0 N–H and O–H groups in total. The summed E-state index contributed by atoms with van der Waals surface area (Å²) in [6, 6.07) is 13.2. The molecule has 15 heteroatoms. The number of unbranched alkanes of at least 4 members (excludes halogenated alkanes) is 11. The zero-order chi connectivity index (χ0) is 42.5. The maximum Gasteiger partial charge on any atom is 0.432 e. The predicted octanol–water partition coefficient (Wildman–Crippen LogP) is 12.7. The van der Waals surface area contributed by atoms with Crippen LogP contribution in [0.4, 0.5) is 26.3 Å². The van der Waals surface area contributed by atoms with E-state index in [4.69, 9.17) is 53.8 Å². The van der Waals surface area contributed by atoms with E-state index in [1.54, 1.807) is 0 Å². The molecular formula is C42H57Cl3F6O6. The van der Waals surface area contributed by atoms with Gasteiger partial charge in [0.2, 0.25) is 0 Å². The maximum atomic E-state index is 14.6.